The zero-order chi connectivity index (χ0) is 18.0. The number of amides is 2. The second-order valence-corrected chi connectivity index (χ2v) is 7.16. The highest BCUT2D eigenvalue weighted by atomic mass is 32.2. The molecule has 0 saturated carbocycles. The predicted octanol–water partition coefficient (Wildman–Crippen LogP) is 3.44. The third-order valence-electron chi connectivity index (χ3n) is 4.49. The first kappa shape index (κ1) is 17.8. The average molecular weight is 358 g/mol. The number of carbonyl (C=O) groups excluding carboxylic acids is 2. The van der Waals surface area contributed by atoms with E-state index in [-0.39, 0.29) is 17.2 Å². The molecule has 5 nitrogen and oxygen atoms in total. The first-order chi connectivity index (χ1) is 12.0. The number of thioether (sulfide) groups is 1. The molecule has 2 amide bonds. The summed E-state index contributed by atoms with van der Waals surface area (Å²) in [6.45, 7) is 10.7. The van der Waals surface area contributed by atoms with Crippen LogP contribution in [0.1, 0.15) is 18.1 Å². The first-order valence-electron chi connectivity index (χ1n) is 8.34. The van der Waals surface area contributed by atoms with Gasteiger partial charge in [0.25, 0.3) is 11.1 Å². The van der Waals surface area contributed by atoms with Crippen LogP contribution in [0.3, 0.4) is 0 Å². The van der Waals surface area contributed by atoms with Crippen LogP contribution >= 0.6 is 11.8 Å². The fourth-order valence-electron chi connectivity index (χ4n) is 2.92. The lowest BCUT2D eigenvalue weighted by atomic mass is 10.1. The lowest BCUT2D eigenvalue weighted by molar-refractivity contribution is -0.123. The average Bonchev–Trinajstić information content (AvgIpc) is 2.90. The molecule has 0 aromatic heterocycles. The summed E-state index contributed by atoms with van der Waals surface area (Å²) in [5.41, 5.74) is 3.19. The molecule has 0 N–H and O–H groups in total. The maximum atomic E-state index is 12.5. The Morgan fingerprint density at radius 3 is 2.64 bits per heavy atom. The Hall–Kier alpha value is -2.05. The molecule has 2 aliphatic heterocycles. The molecular weight excluding hydrogens is 336 g/mol. The second kappa shape index (κ2) is 7.45. The molecule has 0 aliphatic carbocycles. The Bertz CT molecular complexity index is 738. The number of anilines is 1. The molecule has 0 bridgehead atoms. The summed E-state index contributed by atoms with van der Waals surface area (Å²) >= 11 is 0.985. The molecule has 0 radical (unpaired) electrons. The van der Waals surface area contributed by atoms with E-state index in [0.29, 0.717) is 4.91 Å². The fourth-order valence-corrected chi connectivity index (χ4v) is 3.82. The van der Waals surface area contributed by atoms with Crippen molar-refractivity contribution >= 4 is 34.7 Å². The number of benzene rings is 1. The molecule has 6 heteroatoms. The SMILES string of the molecule is C=C[C@H](C)N1C(=O)S/C(=C/c2ccc(N3CCOCC3)cc2C)C1=O. The van der Waals surface area contributed by atoms with Gasteiger partial charge < -0.3 is 9.64 Å². The largest absolute Gasteiger partial charge is 0.378 e. The molecule has 2 fully saturated rings. The molecule has 2 heterocycles. The topological polar surface area (TPSA) is 49.9 Å². The molecular formula is C19H22N2O3S. The smallest absolute Gasteiger partial charge is 0.294 e. The molecule has 2 saturated heterocycles. The van der Waals surface area contributed by atoms with Crippen molar-refractivity contribution in [1.82, 2.24) is 4.90 Å². The maximum absolute atomic E-state index is 12.5. The van der Waals surface area contributed by atoms with Crippen LogP contribution in [0.5, 0.6) is 0 Å². The van der Waals surface area contributed by atoms with Crippen molar-refractivity contribution in [1.29, 1.82) is 0 Å². The van der Waals surface area contributed by atoms with Gasteiger partial charge in [-0.15, -0.1) is 6.58 Å². The Balaban J connectivity index is 1.82. The zero-order valence-corrected chi connectivity index (χ0v) is 15.3. The predicted molar refractivity (Wildman–Crippen MR) is 102 cm³/mol. The van der Waals surface area contributed by atoms with Gasteiger partial charge in [-0.25, -0.2) is 0 Å². The standard InChI is InChI=1S/C19H22N2O3S/c1-4-14(3)21-18(22)17(25-19(21)23)12-15-5-6-16(11-13(15)2)20-7-9-24-10-8-20/h4-6,11-12,14H,1,7-10H2,2-3H3/b17-12+/t14-/m0/s1. The van der Waals surface area contributed by atoms with E-state index < -0.39 is 0 Å². The van der Waals surface area contributed by atoms with Crippen LogP contribution in [-0.2, 0) is 9.53 Å². The van der Waals surface area contributed by atoms with Gasteiger partial charge in [0, 0.05) is 18.8 Å². The van der Waals surface area contributed by atoms with Crippen molar-refractivity contribution in [3.8, 4) is 0 Å². The molecule has 2 aliphatic rings. The maximum Gasteiger partial charge on any atom is 0.294 e. The quantitative estimate of drug-likeness (QED) is 0.609. The molecule has 0 unspecified atom stereocenters. The van der Waals surface area contributed by atoms with Crippen LogP contribution in [-0.4, -0.2) is 48.4 Å². The van der Waals surface area contributed by atoms with Crippen LogP contribution in [0, 0.1) is 6.92 Å². The van der Waals surface area contributed by atoms with Crippen LogP contribution in [0.2, 0.25) is 0 Å². The molecule has 0 spiro atoms. The Labute approximate surface area is 152 Å². The van der Waals surface area contributed by atoms with E-state index in [1.807, 2.05) is 13.0 Å². The minimum Gasteiger partial charge on any atom is -0.378 e. The minimum atomic E-state index is -0.303. The second-order valence-electron chi connectivity index (χ2n) is 6.17. The summed E-state index contributed by atoms with van der Waals surface area (Å²) in [5.74, 6) is -0.251. The monoisotopic (exact) mass is 358 g/mol. The highest BCUT2D eigenvalue weighted by Crippen LogP contribution is 2.34. The molecule has 1 aromatic carbocycles. The summed E-state index contributed by atoms with van der Waals surface area (Å²) in [4.78, 5) is 28.6. The Morgan fingerprint density at radius 1 is 1.28 bits per heavy atom. The van der Waals surface area contributed by atoms with Gasteiger partial charge in [-0.3, -0.25) is 14.5 Å². The summed E-state index contributed by atoms with van der Waals surface area (Å²) in [7, 11) is 0. The van der Waals surface area contributed by atoms with E-state index in [1.54, 1.807) is 19.1 Å². The number of rotatable bonds is 4. The number of hydrogen-bond donors (Lipinski definition) is 0. The summed E-state index contributed by atoms with van der Waals surface area (Å²) in [5, 5.41) is -0.244. The third-order valence-corrected chi connectivity index (χ3v) is 5.37. The number of hydrogen-bond acceptors (Lipinski definition) is 5. The molecule has 1 aromatic rings. The minimum absolute atomic E-state index is 0.244. The van der Waals surface area contributed by atoms with Gasteiger partial charge in [0.05, 0.1) is 24.2 Å². The van der Waals surface area contributed by atoms with E-state index in [0.717, 1.165) is 54.9 Å². The Kier molecular flexibility index (Phi) is 5.30. The lowest BCUT2D eigenvalue weighted by Crippen LogP contribution is -2.36. The third kappa shape index (κ3) is 3.65. The molecule has 132 valence electrons. The highest BCUT2D eigenvalue weighted by Gasteiger charge is 2.37. The van der Waals surface area contributed by atoms with Crippen molar-refractivity contribution in [3.05, 3.63) is 46.9 Å². The highest BCUT2D eigenvalue weighted by molar-refractivity contribution is 8.18. The molecule has 3 rings (SSSR count). The first-order valence-corrected chi connectivity index (χ1v) is 9.16. The van der Waals surface area contributed by atoms with Crippen LogP contribution in [0.4, 0.5) is 10.5 Å². The number of aryl methyl sites for hydroxylation is 1. The van der Waals surface area contributed by atoms with Gasteiger partial charge in [-0.2, -0.15) is 0 Å². The molecule has 25 heavy (non-hydrogen) atoms. The van der Waals surface area contributed by atoms with Gasteiger partial charge in [-0.05, 0) is 54.9 Å². The Morgan fingerprint density at radius 2 is 2.00 bits per heavy atom. The zero-order valence-electron chi connectivity index (χ0n) is 14.5. The number of imide groups is 1. The number of carbonyl (C=O) groups is 2. The van der Waals surface area contributed by atoms with Crippen molar-refractivity contribution in [2.24, 2.45) is 0 Å². The lowest BCUT2D eigenvalue weighted by Gasteiger charge is -2.29. The van der Waals surface area contributed by atoms with Crippen molar-refractivity contribution in [2.75, 3.05) is 31.2 Å². The van der Waals surface area contributed by atoms with Crippen molar-refractivity contribution < 1.29 is 14.3 Å². The van der Waals surface area contributed by atoms with E-state index >= 15 is 0 Å². The summed E-state index contributed by atoms with van der Waals surface area (Å²) in [6.07, 6.45) is 3.40. The van der Waals surface area contributed by atoms with Gasteiger partial charge in [0.15, 0.2) is 0 Å². The summed E-state index contributed by atoms with van der Waals surface area (Å²) < 4.78 is 5.39. The van der Waals surface area contributed by atoms with Crippen molar-refractivity contribution in [3.63, 3.8) is 0 Å². The number of ether oxygens (including phenoxy) is 1. The van der Waals surface area contributed by atoms with E-state index in [2.05, 4.69) is 23.6 Å². The van der Waals surface area contributed by atoms with Gasteiger partial charge in [-0.1, -0.05) is 12.1 Å². The number of nitrogens with zero attached hydrogens (tertiary/aromatic N) is 2. The van der Waals surface area contributed by atoms with Crippen molar-refractivity contribution in [2.45, 2.75) is 19.9 Å². The van der Waals surface area contributed by atoms with Gasteiger partial charge >= 0.3 is 0 Å². The van der Waals surface area contributed by atoms with E-state index in [9.17, 15) is 9.59 Å². The van der Waals surface area contributed by atoms with Crippen LogP contribution in [0.25, 0.3) is 6.08 Å². The van der Waals surface area contributed by atoms with Crippen LogP contribution in [0.15, 0.2) is 35.8 Å². The van der Waals surface area contributed by atoms with E-state index in [4.69, 9.17) is 4.74 Å². The van der Waals surface area contributed by atoms with Crippen LogP contribution < -0.4 is 4.90 Å². The fraction of sp³-hybridized carbons (Fsp3) is 0.368. The summed E-state index contributed by atoms with van der Waals surface area (Å²) in [6, 6.07) is 5.88. The van der Waals surface area contributed by atoms with Gasteiger partial charge in [0.2, 0.25) is 0 Å². The van der Waals surface area contributed by atoms with E-state index in [1.165, 1.54) is 4.90 Å². The van der Waals surface area contributed by atoms with Gasteiger partial charge in [0.1, 0.15) is 0 Å². The number of morpholine rings is 1. The normalized spacial score (nSPS) is 21.1. The molecule has 1 atom stereocenters.